The van der Waals surface area contributed by atoms with Gasteiger partial charge in [-0.2, -0.15) is 0 Å². The fraction of sp³-hybridized carbons (Fsp3) is 0.938. The van der Waals surface area contributed by atoms with Gasteiger partial charge in [-0.25, -0.2) is 0 Å². The average molecular weight is 441 g/mol. The van der Waals surface area contributed by atoms with Crippen LogP contribution in [0.2, 0.25) is 0 Å². The summed E-state index contributed by atoms with van der Waals surface area (Å²) in [6.07, 6.45) is 3.80. The van der Waals surface area contributed by atoms with Crippen molar-refractivity contribution < 1.29 is 14.6 Å². The van der Waals surface area contributed by atoms with Gasteiger partial charge in [0.05, 0.1) is 6.10 Å². The van der Waals surface area contributed by atoms with Crippen LogP contribution in [-0.4, -0.2) is 74.7 Å². The molecule has 7 heteroatoms. The third-order valence-electron chi connectivity index (χ3n) is 4.20. The van der Waals surface area contributed by atoms with Gasteiger partial charge in [-0.15, -0.1) is 24.0 Å². The van der Waals surface area contributed by atoms with Crippen LogP contribution in [-0.2, 0) is 9.47 Å². The van der Waals surface area contributed by atoms with Gasteiger partial charge in [-0.1, -0.05) is 0 Å². The summed E-state index contributed by atoms with van der Waals surface area (Å²) in [4.78, 5) is 6.77. The predicted octanol–water partition coefficient (Wildman–Crippen LogP) is 1.47. The van der Waals surface area contributed by atoms with Gasteiger partial charge in [0.2, 0.25) is 0 Å². The molecule has 2 rings (SSSR count). The van der Waals surface area contributed by atoms with E-state index in [0.717, 1.165) is 77.7 Å². The molecule has 0 aromatic carbocycles. The summed E-state index contributed by atoms with van der Waals surface area (Å²) in [6, 6.07) is 0. The van der Waals surface area contributed by atoms with Gasteiger partial charge in [0.1, 0.15) is 0 Å². The number of halogens is 1. The van der Waals surface area contributed by atoms with Gasteiger partial charge < -0.3 is 24.8 Å². The number of nitrogens with zero attached hydrogens (tertiary/aromatic N) is 2. The fourth-order valence-electron chi connectivity index (χ4n) is 2.87. The number of rotatable bonds is 7. The lowest BCUT2D eigenvalue weighted by molar-refractivity contribution is 0.0205. The summed E-state index contributed by atoms with van der Waals surface area (Å²) in [5.74, 6) is 1.59. The maximum atomic E-state index is 9.63. The SMILES string of the molecule is CCNC(=NCCCOCC1CCOCC1)N1CC[C@@H](O)C1.I. The van der Waals surface area contributed by atoms with Crippen LogP contribution >= 0.6 is 24.0 Å². The number of ether oxygens (including phenoxy) is 2. The summed E-state index contributed by atoms with van der Waals surface area (Å²) in [6.45, 7) is 8.64. The Labute approximate surface area is 157 Å². The van der Waals surface area contributed by atoms with Gasteiger partial charge in [-0.05, 0) is 38.5 Å². The number of guanidine groups is 1. The molecule has 2 fully saturated rings. The predicted molar refractivity (Wildman–Crippen MR) is 103 cm³/mol. The number of aliphatic hydroxyl groups is 1. The number of hydrogen-bond donors (Lipinski definition) is 2. The molecule has 0 aromatic heterocycles. The highest BCUT2D eigenvalue weighted by atomic mass is 127. The van der Waals surface area contributed by atoms with Crippen molar-refractivity contribution in [3.63, 3.8) is 0 Å². The maximum absolute atomic E-state index is 9.63. The molecule has 0 radical (unpaired) electrons. The summed E-state index contributed by atoms with van der Waals surface area (Å²) in [5.41, 5.74) is 0. The van der Waals surface area contributed by atoms with E-state index >= 15 is 0 Å². The first-order valence-electron chi connectivity index (χ1n) is 8.66. The van der Waals surface area contributed by atoms with Gasteiger partial charge in [-0.3, -0.25) is 4.99 Å². The zero-order valence-corrected chi connectivity index (χ0v) is 16.5. The summed E-state index contributed by atoms with van der Waals surface area (Å²) in [5, 5.41) is 12.9. The highest BCUT2D eigenvalue weighted by Gasteiger charge is 2.22. The Kier molecular flexibility index (Phi) is 11.2. The minimum Gasteiger partial charge on any atom is -0.391 e. The second kappa shape index (κ2) is 12.3. The molecule has 136 valence electrons. The molecule has 0 aromatic rings. The van der Waals surface area contributed by atoms with Gasteiger partial charge in [0, 0.05) is 52.6 Å². The van der Waals surface area contributed by atoms with Gasteiger partial charge in [0.25, 0.3) is 0 Å². The molecule has 2 aliphatic rings. The van der Waals surface area contributed by atoms with Crippen LogP contribution < -0.4 is 5.32 Å². The molecule has 0 aliphatic carbocycles. The Bertz CT molecular complexity index is 339. The molecular formula is C16H32IN3O3. The van der Waals surface area contributed by atoms with Crippen molar-refractivity contribution in [1.82, 2.24) is 10.2 Å². The van der Waals surface area contributed by atoms with Crippen molar-refractivity contribution in [2.45, 2.75) is 38.7 Å². The van der Waals surface area contributed by atoms with E-state index in [2.05, 4.69) is 22.1 Å². The molecule has 0 amide bonds. The van der Waals surface area contributed by atoms with Crippen molar-refractivity contribution in [3.8, 4) is 0 Å². The molecular weight excluding hydrogens is 409 g/mol. The van der Waals surface area contributed by atoms with E-state index in [1.54, 1.807) is 0 Å². The largest absolute Gasteiger partial charge is 0.391 e. The van der Waals surface area contributed by atoms with Crippen LogP contribution in [0.3, 0.4) is 0 Å². The van der Waals surface area contributed by atoms with E-state index in [0.29, 0.717) is 12.5 Å². The normalized spacial score (nSPS) is 23.0. The zero-order chi connectivity index (χ0) is 15.6. The summed E-state index contributed by atoms with van der Waals surface area (Å²) < 4.78 is 11.1. The molecule has 2 aliphatic heterocycles. The lowest BCUT2D eigenvalue weighted by Gasteiger charge is -2.22. The quantitative estimate of drug-likeness (QED) is 0.271. The first kappa shape index (κ1) is 20.9. The highest BCUT2D eigenvalue weighted by molar-refractivity contribution is 14.0. The van der Waals surface area contributed by atoms with Crippen LogP contribution in [0.4, 0.5) is 0 Å². The number of likely N-dealkylation sites (tertiary alicyclic amines) is 1. The Morgan fingerprint density at radius 2 is 2.13 bits per heavy atom. The van der Waals surface area contributed by atoms with Crippen molar-refractivity contribution in [2.24, 2.45) is 10.9 Å². The highest BCUT2D eigenvalue weighted by Crippen LogP contribution is 2.14. The van der Waals surface area contributed by atoms with Crippen molar-refractivity contribution >= 4 is 29.9 Å². The second-order valence-electron chi connectivity index (χ2n) is 6.11. The third kappa shape index (κ3) is 8.00. The molecule has 2 N–H and O–H groups in total. The molecule has 1 atom stereocenters. The number of hydrogen-bond acceptors (Lipinski definition) is 4. The van der Waals surface area contributed by atoms with E-state index in [9.17, 15) is 5.11 Å². The monoisotopic (exact) mass is 441 g/mol. The number of aliphatic imine (C=N–C) groups is 1. The molecule has 2 saturated heterocycles. The smallest absolute Gasteiger partial charge is 0.194 e. The van der Waals surface area contributed by atoms with Crippen LogP contribution in [0.25, 0.3) is 0 Å². The van der Waals surface area contributed by atoms with Crippen LogP contribution in [0, 0.1) is 5.92 Å². The molecule has 6 nitrogen and oxygen atoms in total. The van der Waals surface area contributed by atoms with Crippen molar-refractivity contribution in [1.29, 1.82) is 0 Å². The lowest BCUT2D eigenvalue weighted by atomic mass is 10.0. The molecule has 0 saturated carbocycles. The van der Waals surface area contributed by atoms with E-state index in [1.807, 2.05) is 0 Å². The Balaban J connectivity index is 0.00000264. The maximum Gasteiger partial charge on any atom is 0.194 e. The van der Waals surface area contributed by atoms with Gasteiger partial charge >= 0.3 is 0 Å². The standard InChI is InChI=1S/C16H31N3O3.HI/c1-2-17-16(19-8-4-15(20)12-19)18-7-3-9-22-13-14-5-10-21-11-6-14;/h14-15,20H,2-13H2,1H3,(H,17,18);1H/t15-;/m1./s1. The van der Waals surface area contributed by atoms with Crippen LogP contribution in [0.1, 0.15) is 32.6 Å². The molecule has 0 bridgehead atoms. The second-order valence-corrected chi connectivity index (χ2v) is 6.11. The first-order valence-corrected chi connectivity index (χ1v) is 8.66. The minimum atomic E-state index is -0.216. The fourth-order valence-corrected chi connectivity index (χ4v) is 2.87. The molecule has 0 spiro atoms. The average Bonchev–Trinajstić information content (AvgIpc) is 2.97. The summed E-state index contributed by atoms with van der Waals surface area (Å²) >= 11 is 0. The summed E-state index contributed by atoms with van der Waals surface area (Å²) in [7, 11) is 0. The van der Waals surface area contributed by atoms with E-state index in [-0.39, 0.29) is 30.1 Å². The Hall–Kier alpha value is -0.120. The van der Waals surface area contributed by atoms with Crippen LogP contribution in [0.15, 0.2) is 4.99 Å². The van der Waals surface area contributed by atoms with Crippen LogP contribution in [0.5, 0.6) is 0 Å². The lowest BCUT2D eigenvalue weighted by Crippen LogP contribution is -2.40. The Morgan fingerprint density at radius 3 is 2.78 bits per heavy atom. The van der Waals surface area contributed by atoms with Gasteiger partial charge in [0.15, 0.2) is 5.96 Å². The number of aliphatic hydroxyl groups excluding tert-OH is 1. The van der Waals surface area contributed by atoms with Crippen molar-refractivity contribution in [3.05, 3.63) is 0 Å². The molecule has 2 heterocycles. The van der Waals surface area contributed by atoms with E-state index in [1.165, 1.54) is 0 Å². The number of β-amino-alcohol motifs (C(OH)–C–C–N with tert-alkyl or cyclic N) is 1. The number of nitrogens with one attached hydrogen (secondary N) is 1. The zero-order valence-electron chi connectivity index (χ0n) is 14.2. The third-order valence-corrected chi connectivity index (χ3v) is 4.20. The topological polar surface area (TPSA) is 66.3 Å². The van der Waals surface area contributed by atoms with Crippen molar-refractivity contribution in [2.75, 3.05) is 52.6 Å². The first-order chi connectivity index (χ1) is 10.8. The molecule has 0 unspecified atom stereocenters. The van der Waals surface area contributed by atoms with E-state index in [4.69, 9.17) is 9.47 Å². The molecule has 23 heavy (non-hydrogen) atoms. The Morgan fingerprint density at radius 1 is 1.35 bits per heavy atom. The minimum absolute atomic E-state index is 0. The van der Waals surface area contributed by atoms with E-state index < -0.39 is 0 Å².